The molecular formula is C16H23IO3. The number of aliphatic hydroxyl groups excluding tert-OH is 1. The molecule has 0 aromatic heterocycles. The van der Waals surface area contributed by atoms with E-state index in [1.54, 1.807) is 0 Å². The second-order valence-electron chi connectivity index (χ2n) is 6.01. The van der Waals surface area contributed by atoms with Crippen LogP contribution in [0.1, 0.15) is 40.0 Å². The van der Waals surface area contributed by atoms with Crippen molar-refractivity contribution in [3.8, 4) is 0 Å². The number of hydrogen-bond donors (Lipinski definition) is 1. The molecule has 1 unspecified atom stereocenters. The fourth-order valence-electron chi connectivity index (χ4n) is 2.83. The number of alkyl halides is 1. The van der Waals surface area contributed by atoms with Gasteiger partial charge in [-0.1, -0.05) is 49.4 Å². The fraction of sp³-hybridized carbons (Fsp3) is 0.688. The molecule has 0 bridgehead atoms. The van der Waals surface area contributed by atoms with Gasteiger partial charge >= 0.3 is 5.97 Å². The highest BCUT2D eigenvalue weighted by molar-refractivity contribution is 14.1. The molecule has 0 radical (unpaired) electrons. The Bertz CT molecular complexity index is 441. The van der Waals surface area contributed by atoms with Crippen LogP contribution in [0.2, 0.25) is 0 Å². The molecule has 2 aliphatic carbocycles. The number of ether oxygens (including phenoxy) is 1. The van der Waals surface area contributed by atoms with Crippen molar-refractivity contribution in [3.63, 3.8) is 0 Å². The van der Waals surface area contributed by atoms with Gasteiger partial charge in [0.2, 0.25) is 0 Å². The molecule has 5 atom stereocenters. The van der Waals surface area contributed by atoms with E-state index < -0.39 is 0 Å². The van der Waals surface area contributed by atoms with Gasteiger partial charge in [-0.25, -0.2) is 0 Å². The lowest BCUT2D eigenvalue weighted by atomic mass is 9.75. The van der Waals surface area contributed by atoms with Gasteiger partial charge in [0.1, 0.15) is 6.10 Å². The average Bonchev–Trinajstić information content (AvgIpc) is 2.41. The first kappa shape index (κ1) is 15.9. The summed E-state index contributed by atoms with van der Waals surface area (Å²) in [6.07, 6.45) is 6.06. The SMILES string of the molecule is CC[C@H](C)C(=O)O[C@H]1CC(O)=CC2=CC[C@H](C)C(I)[C@H]21. The highest BCUT2D eigenvalue weighted by Gasteiger charge is 2.41. The molecule has 0 saturated heterocycles. The molecule has 3 nitrogen and oxygen atoms in total. The lowest BCUT2D eigenvalue weighted by Crippen LogP contribution is -2.41. The normalized spacial score (nSPS) is 34.6. The summed E-state index contributed by atoms with van der Waals surface area (Å²) in [6.45, 7) is 6.11. The zero-order valence-corrected chi connectivity index (χ0v) is 14.5. The minimum Gasteiger partial charge on any atom is -0.512 e. The van der Waals surface area contributed by atoms with E-state index >= 15 is 0 Å². The van der Waals surface area contributed by atoms with E-state index in [1.165, 1.54) is 0 Å². The second kappa shape index (κ2) is 6.50. The van der Waals surface area contributed by atoms with Crippen molar-refractivity contribution in [3.05, 3.63) is 23.5 Å². The van der Waals surface area contributed by atoms with Crippen molar-refractivity contribution in [2.24, 2.45) is 17.8 Å². The van der Waals surface area contributed by atoms with Gasteiger partial charge in [-0.2, -0.15) is 0 Å². The van der Waals surface area contributed by atoms with E-state index in [2.05, 4.69) is 35.6 Å². The van der Waals surface area contributed by atoms with Crippen LogP contribution in [0.4, 0.5) is 0 Å². The van der Waals surface area contributed by atoms with Gasteiger partial charge in [-0.05, 0) is 30.4 Å². The third-order valence-electron chi connectivity index (χ3n) is 4.42. The van der Waals surface area contributed by atoms with Crippen molar-refractivity contribution >= 4 is 28.6 Å². The molecular weight excluding hydrogens is 367 g/mol. The number of carbonyl (C=O) groups excluding carboxylic acids is 1. The standard InChI is InChI=1S/C16H23IO3/c1-4-9(2)16(19)20-13-8-12(18)7-11-6-5-10(3)15(17)14(11)13/h6-7,9-10,13-15,18H,4-5,8H2,1-3H3/t9-,10-,13-,14+,15?/m0/s1. The lowest BCUT2D eigenvalue weighted by molar-refractivity contribution is -0.156. The highest BCUT2D eigenvalue weighted by atomic mass is 127. The molecule has 0 aromatic carbocycles. The van der Waals surface area contributed by atoms with E-state index in [1.807, 2.05) is 19.9 Å². The molecule has 20 heavy (non-hydrogen) atoms. The molecule has 0 heterocycles. The van der Waals surface area contributed by atoms with E-state index in [4.69, 9.17) is 4.74 Å². The van der Waals surface area contributed by atoms with Crippen molar-refractivity contribution < 1.29 is 14.6 Å². The quantitative estimate of drug-likeness (QED) is 0.447. The summed E-state index contributed by atoms with van der Waals surface area (Å²) < 4.78 is 6.15. The van der Waals surface area contributed by atoms with Crippen molar-refractivity contribution in [2.45, 2.75) is 50.1 Å². The molecule has 0 amide bonds. The van der Waals surface area contributed by atoms with Gasteiger partial charge in [0, 0.05) is 16.3 Å². The number of fused-ring (bicyclic) bond motifs is 1. The van der Waals surface area contributed by atoms with Crippen LogP contribution < -0.4 is 0 Å². The smallest absolute Gasteiger partial charge is 0.308 e. The Hall–Kier alpha value is -0.520. The number of carbonyl (C=O) groups is 1. The summed E-state index contributed by atoms with van der Waals surface area (Å²) in [5, 5.41) is 9.91. The summed E-state index contributed by atoms with van der Waals surface area (Å²) in [7, 11) is 0. The van der Waals surface area contributed by atoms with Crippen molar-refractivity contribution in [1.82, 2.24) is 0 Å². The molecule has 0 fully saturated rings. The molecule has 0 saturated carbocycles. The number of halogens is 1. The molecule has 0 spiro atoms. The minimum absolute atomic E-state index is 0.0795. The van der Waals surface area contributed by atoms with Gasteiger partial charge in [0.25, 0.3) is 0 Å². The maximum atomic E-state index is 12.1. The number of hydrogen-bond acceptors (Lipinski definition) is 3. The van der Waals surface area contributed by atoms with Gasteiger partial charge in [-0.15, -0.1) is 0 Å². The van der Waals surface area contributed by atoms with Crippen LogP contribution in [0.25, 0.3) is 0 Å². The molecule has 0 aromatic rings. The predicted molar refractivity (Wildman–Crippen MR) is 87.8 cm³/mol. The first-order valence-electron chi connectivity index (χ1n) is 7.38. The molecule has 4 heteroatoms. The Labute approximate surface area is 134 Å². The Kier molecular flexibility index (Phi) is 5.15. The van der Waals surface area contributed by atoms with Crippen LogP contribution in [0, 0.1) is 17.8 Å². The van der Waals surface area contributed by atoms with Crippen LogP contribution in [-0.2, 0) is 9.53 Å². The van der Waals surface area contributed by atoms with Crippen LogP contribution in [0.15, 0.2) is 23.5 Å². The topological polar surface area (TPSA) is 46.5 Å². The summed E-state index contributed by atoms with van der Waals surface area (Å²) in [6, 6.07) is 0. The third kappa shape index (κ3) is 3.21. The van der Waals surface area contributed by atoms with Crippen molar-refractivity contribution in [2.75, 3.05) is 0 Å². The van der Waals surface area contributed by atoms with Gasteiger partial charge in [0.15, 0.2) is 0 Å². The van der Waals surface area contributed by atoms with E-state index in [0.29, 0.717) is 22.0 Å². The Balaban J connectivity index is 2.20. The zero-order valence-electron chi connectivity index (χ0n) is 12.3. The van der Waals surface area contributed by atoms with Crippen molar-refractivity contribution in [1.29, 1.82) is 0 Å². The maximum absolute atomic E-state index is 12.1. The molecule has 2 aliphatic rings. The first-order chi connectivity index (χ1) is 9.43. The monoisotopic (exact) mass is 390 g/mol. The van der Waals surface area contributed by atoms with E-state index in [0.717, 1.165) is 18.4 Å². The largest absolute Gasteiger partial charge is 0.512 e. The maximum Gasteiger partial charge on any atom is 0.308 e. The molecule has 1 N–H and O–H groups in total. The Morgan fingerprint density at radius 1 is 1.60 bits per heavy atom. The van der Waals surface area contributed by atoms with Crippen LogP contribution in [-0.4, -0.2) is 21.1 Å². The van der Waals surface area contributed by atoms with Gasteiger partial charge in [-0.3, -0.25) is 4.79 Å². The second-order valence-corrected chi connectivity index (χ2v) is 7.45. The van der Waals surface area contributed by atoms with Crippen LogP contribution in [0.3, 0.4) is 0 Å². The van der Waals surface area contributed by atoms with Crippen LogP contribution in [0.5, 0.6) is 0 Å². The summed E-state index contributed by atoms with van der Waals surface area (Å²) >= 11 is 2.47. The number of esters is 1. The lowest BCUT2D eigenvalue weighted by Gasteiger charge is -2.39. The Morgan fingerprint density at radius 2 is 2.30 bits per heavy atom. The zero-order chi connectivity index (χ0) is 14.9. The summed E-state index contributed by atoms with van der Waals surface area (Å²) in [5.41, 5.74) is 1.13. The van der Waals surface area contributed by atoms with E-state index in [-0.39, 0.29) is 23.9 Å². The molecule has 112 valence electrons. The average molecular weight is 390 g/mol. The molecule has 0 aliphatic heterocycles. The highest BCUT2D eigenvalue weighted by Crippen LogP contribution is 2.43. The number of aliphatic hydroxyl groups is 1. The number of rotatable bonds is 3. The first-order valence-corrected chi connectivity index (χ1v) is 8.62. The Morgan fingerprint density at radius 3 is 2.95 bits per heavy atom. The van der Waals surface area contributed by atoms with Crippen LogP contribution >= 0.6 is 22.6 Å². The summed E-state index contributed by atoms with van der Waals surface area (Å²) in [5.74, 6) is 0.885. The van der Waals surface area contributed by atoms with Gasteiger partial charge in [0.05, 0.1) is 11.7 Å². The minimum atomic E-state index is -0.225. The molecule has 2 rings (SSSR count). The van der Waals surface area contributed by atoms with E-state index in [9.17, 15) is 9.90 Å². The summed E-state index contributed by atoms with van der Waals surface area (Å²) in [4.78, 5) is 12.1. The predicted octanol–water partition coefficient (Wildman–Crippen LogP) is 4.18. The third-order valence-corrected chi connectivity index (χ3v) is 6.43. The fourth-order valence-corrected chi connectivity index (χ4v) is 4.00. The van der Waals surface area contributed by atoms with Gasteiger partial charge < -0.3 is 9.84 Å². The number of allylic oxidation sites excluding steroid dienone is 2.